The van der Waals surface area contributed by atoms with Gasteiger partial charge in [-0.1, -0.05) is 6.07 Å². The number of halogens is 1. The predicted octanol–water partition coefficient (Wildman–Crippen LogP) is 3.10. The maximum Gasteiger partial charge on any atom is 0.148 e. The van der Waals surface area contributed by atoms with E-state index in [1.54, 1.807) is 7.11 Å². The van der Waals surface area contributed by atoms with E-state index in [-0.39, 0.29) is 11.9 Å². The first-order valence-electron chi connectivity index (χ1n) is 5.82. The largest absolute Gasteiger partial charge is 0.486 e. The summed E-state index contributed by atoms with van der Waals surface area (Å²) in [6, 6.07) is 6.51. The van der Waals surface area contributed by atoms with Gasteiger partial charge in [-0.2, -0.15) is 0 Å². The molecule has 0 fully saturated rings. The average molecular weight is 249 g/mol. The Kier molecular flexibility index (Phi) is 3.77. The molecule has 0 spiro atoms. The van der Waals surface area contributed by atoms with Crippen LogP contribution in [0.3, 0.4) is 0 Å². The van der Waals surface area contributed by atoms with Gasteiger partial charge >= 0.3 is 0 Å². The van der Waals surface area contributed by atoms with Gasteiger partial charge in [0.25, 0.3) is 0 Å². The topological polar surface area (TPSA) is 31.4 Å². The molecule has 2 rings (SSSR count). The highest BCUT2D eigenvalue weighted by molar-refractivity contribution is 5.84. The second kappa shape index (κ2) is 5.31. The van der Waals surface area contributed by atoms with Crippen molar-refractivity contribution < 1.29 is 13.9 Å². The molecule has 1 aromatic heterocycles. The van der Waals surface area contributed by atoms with E-state index < -0.39 is 0 Å². The van der Waals surface area contributed by atoms with Crippen LogP contribution < -0.4 is 4.74 Å². The van der Waals surface area contributed by atoms with Gasteiger partial charge in [0, 0.05) is 24.3 Å². The van der Waals surface area contributed by atoms with Crippen molar-refractivity contribution in [2.75, 3.05) is 13.7 Å². The van der Waals surface area contributed by atoms with Gasteiger partial charge in [-0.3, -0.25) is 0 Å². The first-order valence-corrected chi connectivity index (χ1v) is 5.82. The van der Waals surface area contributed by atoms with Crippen LogP contribution in [0.15, 0.2) is 24.3 Å². The number of nitrogens with zero attached hydrogens (tertiary/aromatic N) is 1. The molecule has 0 bridgehead atoms. The third-order valence-corrected chi connectivity index (χ3v) is 2.59. The smallest absolute Gasteiger partial charge is 0.148 e. The first-order chi connectivity index (χ1) is 8.60. The summed E-state index contributed by atoms with van der Waals surface area (Å²) in [6.45, 7) is 4.21. The van der Waals surface area contributed by atoms with Gasteiger partial charge in [-0.05, 0) is 26.0 Å². The zero-order chi connectivity index (χ0) is 13.1. The molecule has 0 saturated heterocycles. The van der Waals surface area contributed by atoms with Crippen LogP contribution >= 0.6 is 0 Å². The quantitative estimate of drug-likeness (QED) is 0.834. The number of aryl methyl sites for hydroxylation is 1. The number of pyridine rings is 1. The molecule has 1 heterocycles. The Balaban J connectivity index is 2.44. The second-order valence-corrected chi connectivity index (χ2v) is 4.31. The number of fused-ring (bicyclic) bond motifs is 1. The van der Waals surface area contributed by atoms with Crippen LogP contribution in [0.4, 0.5) is 4.39 Å². The number of hydrogen-bond donors (Lipinski definition) is 0. The maximum atomic E-state index is 13.5. The minimum atomic E-state index is -0.326. The summed E-state index contributed by atoms with van der Waals surface area (Å²) < 4.78 is 24.2. The van der Waals surface area contributed by atoms with E-state index in [2.05, 4.69) is 4.98 Å². The van der Waals surface area contributed by atoms with Crippen molar-refractivity contribution in [2.24, 2.45) is 0 Å². The van der Waals surface area contributed by atoms with E-state index in [0.717, 1.165) is 11.1 Å². The number of hydrogen-bond acceptors (Lipinski definition) is 3. The summed E-state index contributed by atoms with van der Waals surface area (Å²) in [5.74, 6) is 0.131. The van der Waals surface area contributed by atoms with Gasteiger partial charge in [0.05, 0.1) is 6.61 Å². The molecule has 3 nitrogen and oxygen atoms in total. The Morgan fingerprint density at radius 1 is 1.33 bits per heavy atom. The lowest BCUT2D eigenvalue weighted by Gasteiger charge is -2.15. The Bertz CT molecular complexity index is 557. The number of aromatic nitrogens is 1. The fourth-order valence-electron chi connectivity index (χ4n) is 1.84. The van der Waals surface area contributed by atoms with Crippen molar-refractivity contribution in [2.45, 2.75) is 20.0 Å². The van der Waals surface area contributed by atoms with Gasteiger partial charge < -0.3 is 9.47 Å². The van der Waals surface area contributed by atoms with Crippen molar-refractivity contribution in [3.63, 3.8) is 0 Å². The van der Waals surface area contributed by atoms with Gasteiger partial charge in [-0.15, -0.1) is 0 Å². The van der Waals surface area contributed by atoms with E-state index >= 15 is 0 Å². The highest BCUT2D eigenvalue weighted by atomic mass is 19.1. The molecule has 0 saturated carbocycles. The third kappa shape index (κ3) is 2.76. The minimum Gasteiger partial charge on any atom is -0.486 e. The molecule has 96 valence electrons. The van der Waals surface area contributed by atoms with E-state index in [1.807, 2.05) is 26.0 Å². The molecule has 2 aromatic rings. The molecule has 0 amide bonds. The molecule has 1 atom stereocenters. The molecular weight excluding hydrogens is 233 g/mol. The van der Waals surface area contributed by atoms with E-state index in [0.29, 0.717) is 17.9 Å². The summed E-state index contributed by atoms with van der Waals surface area (Å²) >= 11 is 0. The van der Waals surface area contributed by atoms with Gasteiger partial charge in [-0.25, -0.2) is 9.37 Å². The first kappa shape index (κ1) is 12.8. The number of methoxy groups -OCH3 is 1. The Labute approximate surface area is 106 Å². The van der Waals surface area contributed by atoms with Gasteiger partial charge in [0.15, 0.2) is 0 Å². The molecule has 1 aromatic carbocycles. The van der Waals surface area contributed by atoms with Gasteiger partial charge in [0.1, 0.15) is 23.2 Å². The normalized spacial score (nSPS) is 12.7. The lowest BCUT2D eigenvalue weighted by atomic mass is 10.2. The molecule has 1 unspecified atom stereocenters. The highest BCUT2D eigenvalue weighted by Crippen LogP contribution is 2.26. The van der Waals surface area contributed by atoms with Crippen molar-refractivity contribution in [1.29, 1.82) is 0 Å². The molecular formula is C14H16FNO2. The highest BCUT2D eigenvalue weighted by Gasteiger charge is 2.10. The molecule has 0 N–H and O–H groups in total. The fraction of sp³-hybridized carbons (Fsp3) is 0.357. The van der Waals surface area contributed by atoms with Crippen LogP contribution in [0.1, 0.15) is 12.6 Å². The lowest BCUT2D eigenvalue weighted by Crippen LogP contribution is -2.18. The van der Waals surface area contributed by atoms with Crippen molar-refractivity contribution in [3.8, 4) is 5.75 Å². The zero-order valence-corrected chi connectivity index (χ0v) is 10.7. The molecule has 4 heteroatoms. The summed E-state index contributed by atoms with van der Waals surface area (Å²) in [6.07, 6.45) is -0.151. The van der Waals surface area contributed by atoms with Crippen LogP contribution in [0.25, 0.3) is 10.9 Å². The van der Waals surface area contributed by atoms with Crippen molar-refractivity contribution >= 4 is 10.9 Å². The fourth-order valence-corrected chi connectivity index (χ4v) is 1.84. The monoisotopic (exact) mass is 249 g/mol. The minimum absolute atomic E-state index is 0.151. The van der Waals surface area contributed by atoms with Crippen molar-refractivity contribution in [1.82, 2.24) is 4.98 Å². The average Bonchev–Trinajstić information content (AvgIpc) is 2.30. The number of ether oxygens (including phenoxy) is 2. The molecule has 0 aliphatic rings. The van der Waals surface area contributed by atoms with E-state index in [9.17, 15) is 4.39 Å². The van der Waals surface area contributed by atoms with E-state index in [1.165, 1.54) is 12.1 Å². The van der Waals surface area contributed by atoms with E-state index in [4.69, 9.17) is 9.47 Å². The lowest BCUT2D eigenvalue weighted by molar-refractivity contribution is 0.0927. The van der Waals surface area contributed by atoms with Crippen molar-refractivity contribution in [3.05, 3.63) is 35.8 Å². The maximum absolute atomic E-state index is 13.5. The zero-order valence-electron chi connectivity index (χ0n) is 10.7. The molecule has 0 aliphatic heterocycles. The summed E-state index contributed by atoms with van der Waals surface area (Å²) in [4.78, 5) is 4.40. The number of benzene rings is 1. The van der Waals surface area contributed by atoms with Crippen LogP contribution in [0.5, 0.6) is 5.75 Å². The molecule has 0 radical (unpaired) electrons. The van der Waals surface area contributed by atoms with Crippen LogP contribution in [0, 0.1) is 12.7 Å². The Morgan fingerprint density at radius 2 is 2.11 bits per heavy atom. The van der Waals surface area contributed by atoms with Gasteiger partial charge in [0.2, 0.25) is 0 Å². The Hall–Kier alpha value is -1.68. The van der Waals surface area contributed by atoms with Crippen LogP contribution in [-0.2, 0) is 4.74 Å². The standard InChI is InChI=1S/C14H16FNO2/c1-9-4-5-11-6-12(15)7-13(14(11)16-9)18-10(2)8-17-3/h4-7,10H,8H2,1-3H3. The second-order valence-electron chi connectivity index (χ2n) is 4.31. The summed E-state index contributed by atoms with van der Waals surface area (Å²) in [5, 5.41) is 0.736. The predicted molar refractivity (Wildman–Crippen MR) is 68.4 cm³/mol. The molecule has 18 heavy (non-hydrogen) atoms. The SMILES string of the molecule is COCC(C)Oc1cc(F)cc2ccc(C)nc12. The Morgan fingerprint density at radius 3 is 2.83 bits per heavy atom. The van der Waals surface area contributed by atoms with Crippen LogP contribution in [-0.4, -0.2) is 24.8 Å². The third-order valence-electron chi connectivity index (χ3n) is 2.59. The van der Waals surface area contributed by atoms with Crippen LogP contribution in [0.2, 0.25) is 0 Å². The molecule has 0 aliphatic carbocycles. The summed E-state index contributed by atoms with van der Waals surface area (Å²) in [7, 11) is 1.60. The number of rotatable bonds is 4. The summed E-state index contributed by atoms with van der Waals surface area (Å²) in [5.41, 5.74) is 1.55.